The van der Waals surface area contributed by atoms with Crippen molar-refractivity contribution in [1.82, 2.24) is 4.90 Å². The molecule has 1 heterocycles. The lowest BCUT2D eigenvalue weighted by Crippen LogP contribution is -2.22. The number of esters is 2. The third kappa shape index (κ3) is 5.67. The minimum Gasteiger partial charge on any atom is -0.462 e. The Labute approximate surface area is 186 Å². The minimum atomic E-state index is -0.658. The van der Waals surface area contributed by atoms with Crippen LogP contribution in [0.2, 0.25) is 0 Å². The van der Waals surface area contributed by atoms with Crippen LogP contribution in [0.15, 0.2) is 28.7 Å². The van der Waals surface area contributed by atoms with Gasteiger partial charge in [-0.2, -0.15) is 0 Å². The van der Waals surface area contributed by atoms with E-state index in [9.17, 15) is 19.2 Å². The summed E-state index contributed by atoms with van der Waals surface area (Å²) in [6, 6.07) is 6.48. The second-order valence-corrected chi connectivity index (χ2v) is 8.25. The van der Waals surface area contributed by atoms with Gasteiger partial charge >= 0.3 is 11.9 Å². The number of thiophene rings is 1. The lowest BCUT2D eigenvalue weighted by atomic mass is 10.1. The first-order valence-electron chi connectivity index (χ1n) is 8.90. The first-order chi connectivity index (χ1) is 14.1. The predicted molar refractivity (Wildman–Crippen MR) is 116 cm³/mol. The van der Waals surface area contributed by atoms with Gasteiger partial charge in [-0.25, -0.2) is 9.59 Å². The van der Waals surface area contributed by atoms with Crippen molar-refractivity contribution < 1.29 is 28.7 Å². The second kappa shape index (κ2) is 10.4. The average molecular weight is 497 g/mol. The van der Waals surface area contributed by atoms with Crippen molar-refractivity contribution in [3.05, 3.63) is 50.3 Å². The van der Waals surface area contributed by atoms with Crippen molar-refractivity contribution in [2.45, 2.75) is 13.8 Å². The summed E-state index contributed by atoms with van der Waals surface area (Å²) in [5.74, 6) is -2.25. The largest absolute Gasteiger partial charge is 0.462 e. The van der Waals surface area contributed by atoms with Crippen LogP contribution in [0, 0.1) is 6.92 Å². The molecule has 30 heavy (non-hydrogen) atoms. The van der Waals surface area contributed by atoms with Crippen molar-refractivity contribution in [2.24, 2.45) is 0 Å². The maximum atomic E-state index is 12.4. The Bertz CT molecular complexity index is 968. The van der Waals surface area contributed by atoms with Gasteiger partial charge in [0.25, 0.3) is 11.8 Å². The standard InChI is InChI=1S/C20H21BrN2O6S/c1-5-28-20(27)15-11(2)16(18(25)23(3)4)30-17(15)22-14(24)10-29-19(26)12-6-8-13(21)9-7-12/h6-9H,5,10H2,1-4H3,(H,22,24). The summed E-state index contributed by atoms with van der Waals surface area (Å²) in [7, 11) is 3.18. The fourth-order valence-corrected chi connectivity index (χ4v) is 3.92. The highest BCUT2D eigenvalue weighted by Crippen LogP contribution is 2.34. The molecule has 2 aromatic rings. The zero-order chi connectivity index (χ0) is 22.4. The zero-order valence-electron chi connectivity index (χ0n) is 16.9. The van der Waals surface area contributed by atoms with E-state index >= 15 is 0 Å². The van der Waals surface area contributed by atoms with Gasteiger partial charge in [-0.15, -0.1) is 11.3 Å². The molecular formula is C20H21BrN2O6S. The van der Waals surface area contributed by atoms with Crippen molar-refractivity contribution in [2.75, 3.05) is 32.6 Å². The number of ether oxygens (including phenoxy) is 2. The Morgan fingerprint density at radius 1 is 1.07 bits per heavy atom. The van der Waals surface area contributed by atoms with E-state index in [2.05, 4.69) is 21.2 Å². The molecule has 0 saturated heterocycles. The van der Waals surface area contributed by atoms with E-state index in [1.165, 1.54) is 4.90 Å². The molecule has 2 rings (SSSR count). The molecule has 0 radical (unpaired) electrons. The molecule has 0 aliphatic rings. The Morgan fingerprint density at radius 2 is 1.70 bits per heavy atom. The van der Waals surface area contributed by atoms with Gasteiger partial charge in [0.1, 0.15) is 5.00 Å². The highest BCUT2D eigenvalue weighted by atomic mass is 79.9. The van der Waals surface area contributed by atoms with Crippen LogP contribution in [0.5, 0.6) is 0 Å². The van der Waals surface area contributed by atoms with E-state index in [-0.39, 0.29) is 23.1 Å². The lowest BCUT2D eigenvalue weighted by molar-refractivity contribution is -0.119. The number of nitrogens with zero attached hydrogens (tertiary/aromatic N) is 1. The molecule has 0 atom stereocenters. The molecule has 1 N–H and O–H groups in total. The van der Waals surface area contributed by atoms with Crippen molar-refractivity contribution in [1.29, 1.82) is 0 Å². The molecule has 10 heteroatoms. The SMILES string of the molecule is CCOC(=O)c1c(NC(=O)COC(=O)c2ccc(Br)cc2)sc(C(=O)N(C)C)c1C. The average Bonchev–Trinajstić information content (AvgIpc) is 3.01. The molecule has 1 aromatic heterocycles. The molecule has 0 bridgehead atoms. The molecule has 0 fully saturated rings. The summed E-state index contributed by atoms with van der Waals surface area (Å²) in [5, 5.41) is 2.71. The quantitative estimate of drug-likeness (QED) is 0.588. The molecule has 8 nitrogen and oxygen atoms in total. The van der Waals surface area contributed by atoms with E-state index in [1.54, 1.807) is 52.2 Å². The summed E-state index contributed by atoms with van der Waals surface area (Å²) >= 11 is 4.24. The summed E-state index contributed by atoms with van der Waals surface area (Å²) in [5.41, 5.74) is 0.822. The molecule has 0 spiro atoms. The summed E-state index contributed by atoms with van der Waals surface area (Å²) in [4.78, 5) is 50.8. The molecule has 0 saturated carbocycles. The predicted octanol–water partition coefficient (Wildman–Crippen LogP) is 3.49. The Balaban J connectivity index is 2.17. The van der Waals surface area contributed by atoms with Crippen molar-refractivity contribution >= 4 is 56.0 Å². The van der Waals surface area contributed by atoms with Crippen LogP contribution in [-0.2, 0) is 14.3 Å². The van der Waals surface area contributed by atoms with Crippen LogP contribution in [0.4, 0.5) is 5.00 Å². The van der Waals surface area contributed by atoms with Crippen molar-refractivity contribution in [3.63, 3.8) is 0 Å². The van der Waals surface area contributed by atoms with Gasteiger partial charge in [0.05, 0.1) is 22.6 Å². The number of rotatable bonds is 7. The van der Waals surface area contributed by atoms with E-state index in [0.717, 1.165) is 15.8 Å². The number of carbonyl (C=O) groups is 4. The smallest absolute Gasteiger partial charge is 0.341 e. The van der Waals surface area contributed by atoms with Gasteiger partial charge in [0.15, 0.2) is 6.61 Å². The molecule has 160 valence electrons. The summed E-state index contributed by atoms with van der Waals surface area (Å²) in [6.07, 6.45) is 0. The van der Waals surface area contributed by atoms with Gasteiger partial charge in [-0.05, 0) is 43.7 Å². The van der Waals surface area contributed by atoms with Crippen molar-refractivity contribution in [3.8, 4) is 0 Å². The third-order valence-corrected chi connectivity index (χ3v) is 5.62. The second-order valence-electron chi connectivity index (χ2n) is 6.31. The molecule has 2 amide bonds. The first-order valence-corrected chi connectivity index (χ1v) is 10.5. The van der Waals surface area contributed by atoms with E-state index in [4.69, 9.17) is 9.47 Å². The van der Waals surface area contributed by atoms with E-state index in [1.807, 2.05) is 0 Å². The van der Waals surface area contributed by atoms with E-state index < -0.39 is 24.5 Å². The maximum absolute atomic E-state index is 12.4. The number of hydrogen-bond acceptors (Lipinski definition) is 7. The van der Waals surface area contributed by atoms with Crippen LogP contribution in [0.3, 0.4) is 0 Å². The highest BCUT2D eigenvalue weighted by molar-refractivity contribution is 9.10. The number of nitrogens with one attached hydrogen (secondary N) is 1. The highest BCUT2D eigenvalue weighted by Gasteiger charge is 2.27. The normalized spacial score (nSPS) is 10.3. The van der Waals surface area contributed by atoms with Crippen LogP contribution in [0.1, 0.15) is 42.9 Å². The summed E-state index contributed by atoms with van der Waals surface area (Å²) < 4.78 is 10.9. The molecular weight excluding hydrogens is 476 g/mol. The van der Waals surface area contributed by atoms with Crippen LogP contribution >= 0.6 is 27.3 Å². The van der Waals surface area contributed by atoms with E-state index in [0.29, 0.717) is 16.0 Å². The minimum absolute atomic E-state index is 0.111. The number of hydrogen-bond donors (Lipinski definition) is 1. The van der Waals surface area contributed by atoms with Gasteiger partial charge < -0.3 is 19.7 Å². The Kier molecular flexibility index (Phi) is 8.13. The van der Waals surface area contributed by atoms with Crippen LogP contribution in [-0.4, -0.2) is 56.0 Å². The van der Waals surface area contributed by atoms with Gasteiger partial charge in [0.2, 0.25) is 0 Å². The fourth-order valence-electron chi connectivity index (χ4n) is 2.42. The molecule has 0 unspecified atom stereocenters. The lowest BCUT2D eigenvalue weighted by Gasteiger charge is -2.09. The first kappa shape index (κ1) is 23.6. The number of anilines is 1. The monoisotopic (exact) mass is 496 g/mol. The number of halogens is 1. The molecule has 0 aliphatic heterocycles. The van der Waals surface area contributed by atoms with Crippen LogP contribution in [0.25, 0.3) is 0 Å². The Hall–Kier alpha value is -2.72. The zero-order valence-corrected chi connectivity index (χ0v) is 19.3. The van der Waals surface area contributed by atoms with Gasteiger partial charge in [-0.3, -0.25) is 9.59 Å². The topological polar surface area (TPSA) is 102 Å². The number of amides is 2. The van der Waals surface area contributed by atoms with Gasteiger partial charge in [-0.1, -0.05) is 15.9 Å². The third-order valence-electron chi connectivity index (χ3n) is 3.89. The molecule has 1 aromatic carbocycles. The molecule has 0 aliphatic carbocycles. The van der Waals surface area contributed by atoms with Crippen LogP contribution < -0.4 is 5.32 Å². The maximum Gasteiger partial charge on any atom is 0.341 e. The Morgan fingerprint density at radius 3 is 2.27 bits per heavy atom. The summed E-state index contributed by atoms with van der Waals surface area (Å²) in [6.45, 7) is 2.86. The fraction of sp³-hybridized carbons (Fsp3) is 0.300. The number of carbonyl (C=O) groups excluding carboxylic acids is 4. The number of benzene rings is 1. The van der Waals surface area contributed by atoms with Gasteiger partial charge in [0, 0.05) is 18.6 Å².